The average molecular weight is 323 g/mol. The molecule has 3 aromatic rings. The van der Waals surface area contributed by atoms with Crippen LogP contribution in [0.4, 0.5) is 5.95 Å². The number of nitrogens with one attached hydrogen (secondary N) is 3. The van der Waals surface area contributed by atoms with Crippen molar-refractivity contribution in [2.75, 3.05) is 5.32 Å². The number of hydrogen-bond acceptors (Lipinski definition) is 5. The summed E-state index contributed by atoms with van der Waals surface area (Å²) < 4.78 is 5.79. The fourth-order valence-corrected chi connectivity index (χ4v) is 2.79. The molecule has 0 bridgehead atoms. The minimum Gasteiger partial charge on any atom is -0.487 e. The zero-order valence-corrected chi connectivity index (χ0v) is 13.2. The lowest BCUT2D eigenvalue weighted by Crippen LogP contribution is -2.20. The summed E-state index contributed by atoms with van der Waals surface area (Å²) in [5.74, 6) is 1.23. The molecule has 0 amide bonds. The molecule has 2 aromatic heterocycles. The van der Waals surface area contributed by atoms with Gasteiger partial charge < -0.3 is 15.0 Å². The number of aromatic nitrogens is 4. The van der Waals surface area contributed by atoms with E-state index in [9.17, 15) is 4.79 Å². The highest BCUT2D eigenvalue weighted by Gasteiger charge is 2.19. The minimum absolute atomic E-state index is 0.137. The van der Waals surface area contributed by atoms with Crippen molar-refractivity contribution in [3.63, 3.8) is 0 Å². The van der Waals surface area contributed by atoms with E-state index in [0.29, 0.717) is 30.2 Å². The van der Waals surface area contributed by atoms with Crippen LogP contribution in [-0.4, -0.2) is 19.9 Å². The second kappa shape index (κ2) is 5.84. The fraction of sp³-hybridized carbons (Fsp3) is 0.235. The second-order valence-electron chi connectivity index (χ2n) is 5.74. The maximum atomic E-state index is 12.5. The van der Waals surface area contributed by atoms with Crippen LogP contribution in [0.5, 0.6) is 5.75 Å². The van der Waals surface area contributed by atoms with Crippen molar-refractivity contribution < 1.29 is 4.74 Å². The first-order valence-electron chi connectivity index (χ1n) is 7.76. The highest BCUT2D eigenvalue weighted by atomic mass is 16.5. The molecule has 0 unspecified atom stereocenters. The molecule has 7 nitrogen and oxygen atoms in total. The maximum Gasteiger partial charge on any atom is 0.256 e. The van der Waals surface area contributed by atoms with Crippen LogP contribution >= 0.6 is 0 Å². The standard InChI is InChI=1S/C17H17N5O2/c1-10-13(20-9-19-10)7-18-17-21-14-8-24-15-5-3-2-4-11(15)6-12(14)16(23)22-17/h2-5,9H,6-8H2,1H3,(H,19,20)(H2,18,21,22,23). The number of aromatic amines is 2. The van der Waals surface area contributed by atoms with E-state index in [2.05, 4.69) is 25.3 Å². The van der Waals surface area contributed by atoms with Gasteiger partial charge in [0.25, 0.3) is 5.56 Å². The van der Waals surface area contributed by atoms with Crippen LogP contribution < -0.4 is 15.6 Å². The molecular weight excluding hydrogens is 306 g/mol. The Morgan fingerprint density at radius 2 is 2.21 bits per heavy atom. The van der Waals surface area contributed by atoms with Crippen LogP contribution in [0.3, 0.4) is 0 Å². The summed E-state index contributed by atoms with van der Waals surface area (Å²) in [6, 6.07) is 7.74. The Bertz CT molecular complexity index is 944. The highest BCUT2D eigenvalue weighted by molar-refractivity contribution is 5.41. The van der Waals surface area contributed by atoms with Gasteiger partial charge in [0.05, 0.1) is 24.3 Å². The topological polar surface area (TPSA) is 95.7 Å². The Hall–Kier alpha value is -3.09. The minimum atomic E-state index is -0.137. The molecule has 0 radical (unpaired) electrons. The fourth-order valence-electron chi connectivity index (χ4n) is 2.79. The smallest absolute Gasteiger partial charge is 0.256 e. The average Bonchev–Trinajstić information content (AvgIpc) is 2.89. The molecule has 3 N–H and O–H groups in total. The van der Waals surface area contributed by atoms with Crippen LogP contribution in [0.2, 0.25) is 0 Å². The summed E-state index contributed by atoms with van der Waals surface area (Å²) in [7, 11) is 0. The molecule has 0 atom stereocenters. The van der Waals surface area contributed by atoms with Crippen LogP contribution in [0, 0.1) is 6.92 Å². The van der Waals surface area contributed by atoms with Gasteiger partial charge in [0, 0.05) is 17.7 Å². The van der Waals surface area contributed by atoms with E-state index < -0.39 is 0 Å². The molecule has 1 aliphatic heterocycles. The van der Waals surface area contributed by atoms with Gasteiger partial charge in [-0.25, -0.2) is 9.97 Å². The number of aryl methyl sites for hydroxylation is 1. The third-order valence-electron chi connectivity index (χ3n) is 4.16. The molecule has 1 aromatic carbocycles. The number of benzene rings is 1. The van der Waals surface area contributed by atoms with Gasteiger partial charge in [-0.15, -0.1) is 0 Å². The SMILES string of the molecule is Cc1[nH]cnc1CNc1nc2c(c(=O)[nH]1)Cc1ccccc1OC2. The lowest BCUT2D eigenvalue weighted by molar-refractivity contribution is 0.302. The number of hydrogen-bond donors (Lipinski definition) is 3. The molecule has 0 aliphatic carbocycles. The van der Waals surface area contributed by atoms with Gasteiger partial charge in [-0.2, -0.15) is 0 Å². The van der Waals surface area contributed by atoms with Gasteiger partial charge >= 0.3 is 0 Å². The molecule has 0 saturated carbocycles. The molecule has 4 rings (SSSR count). The molecule has 3 heterocycles. The van der Waals surface area contributed by atoms with Crippen molar-refractivity contribution >= 4 is 5.95 Å². The zero-order valence-electron chi connectivity index (χ0n) is 13.2. The third kappa shape index (κ3) is 2.64. The van der Waals surface area contributed by atoms with E-state index in [1.165, 1.54) is 0 Å². The van der Waals surface area contributed by atoms with Gasteiger partial charge in [0.1, 0.15) is 12.4 Å². The van der Waals surface area contributed by atoms with Gasteiger partial charge in [-0.1, -0.05) is 18.2 Å². The number of nitrogens with zero attached hydrogens (tertiary/aromatic N) is 2. The molecule has 0 spiro atoms. The molecule has 7 heteroatoms. The first-order valence-corrected chi connectivity index (χ1v) is 7.76. The van der Waals surface area contributed by atoms with Crippen molar-refractivity contribution in [2.45, 2.75) is 26.5 Å². The van der Waals surface area contributed by atoms with Crippen LogP contribution in [0.25, 0.3) is 0 Å². The van der Waals surface area contributed by atoms with E-state index in [1.54, 1.807) is 6.33 Å². The van der Waals surface area contributed by atoms with Crippen LogP contribution in [0.1, 0.15) is 28.2 Å². The Kier molecular flexibility index (Phi) is 3.53. The molecule has 0 fully saturated rings. The Labute approximate surface area is 138 Å². The monoisotopic (exact) mass is 323 g/mol. The van der Waals surface area contributed by atoms with Gasteiger partial charge in [0.15, 0.2) is 0 Å². The number of para-hydroxylation sites is 1. The summed E-state index contributed by atoms with van der Waals surface area (Å²) in [5, 5.41) is 3.12. The molecule has 24 heavy (non-hydrogen) atoms. The number of H-pyrrole nitrogens is 2. The predicted octanol–water partition coefficient (Wildman–Crippen LogP) is 1.90. The van der Waals surface area contributed by atoms with Gasteiger partial charge in [-0.3, -0.25) is 9.78 Å². The second-order valence-corrected chi connectivity index (χ2v) is 5.74. The van der Waals surface area contributed by atoms with E-state index in [-0.39, 0.29) is 12.2 Å². The number of fused-ring (bicyclic) bond motifs is 2. The maximum absolute atomic E-state index is 12.5. The summed E-state index contributed by atoms with van der Waals surface area (Å²) in [5.41, 5.74) is 4.05. The lowest BCUT2D eigenvalue weighted by atomic mass is 10.1. The van der Waals surface area contributed by atoms with Crippen molar-refractivity contribution in [2.24, 2.45) is 0 Å². The molecule has 0 saturated heterocycles. The Morgan fingerprint density at radius 3 is 3.04 bits per heavy atom. The van der Waals surface area contributed by atoms with Gasteiger partial charge in [0.2, 0.25) is 5.95 Å². The largest absolute Gasteiger partial charge is 0.487 e. The number of ether oxygens (including phenoxy) is 1. The van der Waals surface area contributed by atoms with E-state index in [4.69, 9.17) is 4.74 Å². The summed E-state index contributed by atoms with van der Waals surface area (Å²) in [4.78, 5) is 27.0. The number of rotatable bonds is 3. The first kappa shape index (κ1) is 14.5. The summed E-state index contributed by atoms with van der Waals surface area (Å²) >= 11 is 0. The van der Waals surface area contributed by atoms with Crippen molar-refractivity contribution in [3.05, 3.63) is 69.2 Å². The zero-order chi connectivity index (χ0) is 16.5. The van der Waals surface area contributed by atoms with Crippen LogP contribution in [0.15, 0.2) is 35.4 Å². The Balaban J connectivity index is 1.61. The van der Waals surface area contributed by atoms with E-state index in [1.807, 2.05) is 31.2 Å². The first-order chi connectivity index (χ1) is 11.7. The van der Waals surface area contributed by atoms with E-state index in [0.717, 1.165) is 22.7 Å². The summed E-state index contributed by atoms with van der Waals surface area (Å²) in [6.45, 7) is 2.72. The highest BCUT2D eigenvalue weighted by Crippen LogP contribution is 2.26. The molecular formula is C17H17N5O2. The van der Waals surface area contributed by atoms with Crippen molar-refractivity contribution in [1.29, 1.82) is 0 Å². The quantitative estimate of drug-likeness (QED) is 0.684. The van der Waals surface area contributed by atoms with Gasteiger partial charge in [-0.05, 0) is 18.6 Å². The summed E-state index contributed by atoms with van der Waals surface area (Å²) in [6.07, 6.45) is 2.16. The molecule has 122 valence electrons. The van der Waals surface area contributed by atoms with E-state index >= 15 is 0 Å². The normalized spacial score (nSPS) is 12.7. The Morgan fingerprint density at radius 1 is 1.33 bits per heavy atom. The third-order valence-corrected chi connectivity index (χ3v) is 4.16. The van der Waals surface area contributed by atoms with Crippen molar-refractivity contribution in [3.8, 4) is 5.75 Å². The number of anilines is 1. The number of imidazole rings is 1. The van der Waals surface area contributed by atoms with Crippen LogP contribution in [-0.2, 0) is 19.6 Å². The van der Waals surface area contributed by atoms with Crippen molar-refractivity contribution in [1.82, 2.24) is 19.9 Å². The lowest BCUT2D eigenvalue weighted by Gasteiger charge is -2.08. The molecule has 1 aliphatic rings. The predicted molar refractivity (Wildman–Crippen MR) is 89.1 cm³/mol.